The maximum absolute atomic E-state index is 13.9. The fourth-order valence-corrected chi connectivity index (χ4v) is 6.46. The molecule has 1 fully saturated rings. The lowest BCUT2D eigenvalue weighted by atomic mass is 9.89. The summed E-state index contributed by atoms with van der Waals surface area (Å²) < 4.78 is 48.2. The van der Waals surface area contributed by atoms with Crippen LogP contribution in [-0.4, -0.2) is 55.7 Å². The first kappa shape index (κ1) is 29.0. The van der Waals surface area contributed by atoms with Crippen LogP contribution in [0.3, 0.4) is 0 Å². The number of nitrogens with zero attached hydrogens (tertiary/aromatic N) is 4. The van der Waals surface area contributed by atoms with Gasteiger partial charge in [0.25, 0.3) is 6.43 Å². The minimum absolute atomic E-state index is 0.00239. The zero-order valence-corrected chi connectivity index (χ0v) is 25.1. The smallest absolute Gasteiger partial charge is 0.410 e. The number of carbonyl (C=O) groups excluding carboxylic acids is 1. The van der Waals surface area contributed by atoms with Gasteiger partial charge in [-0.25, -0.2) is 23.5 Å². The summed E-state index contributed by atoms with van der Waals surface area (Å²) in [6.45, 7) is 10.00. The van der Waals surface area contributed by atoms with E-state index in [1.807, 2.05) is 51.4 Å². The molecule has 224 valence electrons. The average molecular weight is 601 g/mol. The molecule has 3 aromatic rings. The first-order chi connectivity index (χ1) is 19.8. The van der Waals surface area contributed by atoms with E-state index >= 15 is 0 Å². The lowest BCUT2D eigenvalue weighted by Gasteiger charge is -2.32. The van der Waals surface area contributed by atoms with E-state index in [1.54, 1.807) is 17.0 Å². The minimum Gasteiger partial charge on any atom is -0.444 e. The zero-order valence-electron chi connectivity index (χ0n) is 24.4. The molecule has 0 bridgehead atoms. The molecule has 1 saturated heterocycles. The molecule has 0 spiro atoms. The number of rotatable bonds is 5. The van der Waals surface area contributed by atoms with Crippen molar-refractivity contribution in [2.24, 2.45) is 0 Å². The van der Waals surface area contributed by atoms with Gasteiger partial charge in [0.2, 0.25) is 0 Å². The van der Waals surface area contributed by atoms with Gasteiger partial charge in [0.15, 0.2) is 5.79 Å². The van der Waals surface area contributed by atoms with Gasteiger partial charge in [0.05, 0.1) is 11.4 Å². The quantitative estimate of drug-likeness (QED) is 0.233. The molecule has 3 atom stereocenters. The monoisotopic (exact) mass is 600 g/mol. The van der Waals surface area contributed by atoms with Crippen LogP contribution in [0.5, 0.6) is 0 Å². The average Bonchev–Trinajstić information content (AvgIpc) is 3.57. The highest BCUT2D eigenvalue weighted by Gasteiger charge is 2.50. The summed E-state index contributed by atoms with van der Waals surface area (Å²) >= 11 is 6.31. The second-order valence-electron chi connectivity index (χ2n) is 12.6. The number of carbonyl (C=O) groups is 1. The number of alkyl halides is 2. The van der Waals surface area contributed by atoms with Gasteiger partial charge >= 0.3 is 6.09 Å². The molecule has 11 heteroatoms. The Kier molecular flexibility index (Phi) is 7.30. The van der Waals surface area contributed by atoms with E-state index in [4.69, 9.17) is 25.8 Å². The maximum Gasteiger partial charge on any atom is 0.410 e. The predicted molar refractivity (Wildman–Crippen MR) is 154 cm³/mol. The molecule has 1 aliphatic carbocycles. The molecule has 0 saturated carbocycles. The third kappa shape index (κ3) is 5.52. The summed E-state index contributed by atoms with van der Waals surface area (Å²) in [6, 6.07) is 4.86. The molecule has 3 aliphatic rings. The second kappa shape index (κ2) is 10.6. The number of aryl methyl sites for hydroxylation is 1. The Morgan fingerprint density at radius 1 is 1.21 bits per heavy atom. The van der Waals surface area contributed by atoms with E-state index in [0.29, 0.717) is 43.2 Å². The normalized spacial score (nSPS) is 23.3. The van der Waals surface area contributed by atoms with E-state index in [1.165, 1.54) is 6.33 Å². The van der Waals surface area contributed by atoms with Crippen LogP contribution in [0.2, 0.25) is 5.15 Å². The summed E-state index contributed by atoms with van der Waals surface area (Å²) in [4.78, 5) is 23.1. The van der Waals surface area contributed by atoms with Gasteiger partial charge in [0.1, 0.15) is 34.9 Å². The van der Waals surface area contributed by atoms with Crippen molar-refractivity contribution in [1.82, 2.24) is 19.4 Å². The summed E-state index contributed by atoms with van der Waals surface area (Å²) in [5, 5.41) is 1.13. The van der Waals surface area contributed by atoms with E-state index in [9.17, 15) is 13.6 Å². The Labute approximate surface area is 248 Å². The van der Waals surface area contributed by atoms with Gasteiger partial charge in [-0.3, -0.25) is 0 Å². The highest BCUT2D eigenvalue weighted by atomic mass is 35.5. The number of halogens is 3. The fraction of sp³-hybridized carbons (Fsp3) is 0.516. The van der Waals surface area contributed by atoms with Crippen molar-refractivity contribution < 1.29 is 27.8 Å². The number of ether oxygens (including phenoxy) is 3. The molecular formula is C31H35ClF2N4O4. The maximum atomic E-state index is 13.9. The number of hydrogen-bond donors (Lipinski definition) is 0. The molecule has 0 N–H and O–H groups in total. The lowest BCUT2D eigenvalue weighted by molar-refractivity contribution is -0.147. The molecular weight excluding hydrogens is 566 g/mol. The number of amides is 1. The third-order valence-electron chi connectivity index (χ3n) is 8.04. The first-order valence-corrected chi connectivity index (χ1v) is 14.6. The molecule has 2 aromatic heterocycles. The van der Waals surface area contributed by atoms with Gasteiger partial charge in [-0.2, -0.15) is 0 Å². The minimum atomic E-state index is -2.58. The second-order valence-corrected chi connectivity index (χ2v) is 13.0. The van der Waals surface area contributed by atoms with Gasteiger partial charge in [-0.05, 0) is 94.3 Å². The van der Waals surface area contributed by atoms with Crippen LogP contribution in [0.1, 0.15) is 75.8 Å². The van der Waals surface area contributed by atoms with E-state index in [-0.39, 0.29) is 23.8 Å². The van der Waals surface area contributed by atoms with Crippen molar-refractivity contribution >= 4 is 28.7 Å². The highest BCUT2D eigenvalue weighted by molar-refractivity contribution is 6.33. The van der Waals surface area contributed by atoms with Crippen molar-refractivity contribution in [2.75, 3.05) is 6.54 Å². The van der Waals surface area contributed by atoms with Gasteiger partial charge < -0.3 is 23.7 Å². The summed E-state index contributed by atoms with van der Waals surface area (Å²) in [7, 11) is 0. The van der Waals surface area contributed by atoms with Crippen molar-refractivity contribution in [3.8, 4) is 0 Å². The molecule has 1 aromatic carbocycles. The summed E-state index contributed by atoms with van der Waals surface area (Å²) in [6.07, 6.45) is 3.51. The molecule has 2 aliphatic heterocycles. The van der Waals surface area contributed by atoms with Crippen molar-refractivity contribution in [2.45, 2.75) is 96.5 Å². The van der Waals surface area contributed by atoms with Crippen LogP contribution < -0.4 is 0 Å². The summed E-state index contributed by atoms with van der Waals surface area (Å²) in [5.74, 6) is -0.786. The topological polar surface area (TPSA) is 78.7 Å². The first-order valence-electron chi connectivity index (χ1n) is 14.2. The molecule has 42 heavy (non-hydrogen) atoms. The van der Waals surface area contributed by atoms with Gasteiger partial charge in [-0.1, -0.05) is 17.7 Å². The Morgan fingerprint density at radius 2 is 2.00 bits per heavy atom. The molecule has 0 radical (unpaired) electrons. The molecule has 0 unspecified atom stereocenters. The van der Waals surface area contributed by atoms with Crippen molar-refractivity contribution in [3.63, 3.8) is 0 Å². The van der Waals surface area contributed by atoms with Crippen LogP contribution in [-0.2, 0) is 33.6 Å². The molecule has 4 heterocycles. The molecule has 8 nitrogen and oxygen atoms in total. The Hall–Kier alpha value is -3.08. The lowest BCUT2D eigenvalue weighted by Crippen LogP contribution is -2.40. The van der Waals surface area contributed by atoms with E-state index < -0.39 is 23.9 Å². The number of aromatic nitrogens is 3. The number of hydrogen-bond acceptors (Lipinski definition) is 6. The SMILES string of the molecule is CC(C)(C)OC(=O)N1CCc2cc(C(F)F)cc(CCC3=C[C@@H](n4ccc5c(Cl)ncnc54)[C@@H]4OC(C)(C)O[C@H]34)c2C1. The third-order valence-corrected chi connectivity index (χ3v) is 8.34. The Morgan fingerprint density at radius 3 is 2.74 bits per heavy atom. The predicted octanol–water partition coefficient (Wildman–Crippen LogP) is 6.95. The molecule has 1 amide bonds. The van der Waals surface area contributed by atoms with Crippen LogP contribution >= 0.6 is 11.6 Å². The zero-order chi connectivity index (χ0) is 30.0. The van der Waals surface area contributed by atoms with Crippen molar-refractivity contribution in [1.29, 1.82) is 0 Å². The van der Waals surface area contributed by atoms with E-state index in [2.05, 4.69) is 16.0 Å². The van der Waals surface area contributed by atoms with Gasteiger partial charge in [-0.15, -0.1) is 0 Å². The Bertz CT molecular complexity index is 1560. The van der Waals surface area contributed by atoms with Crippen LogP contribution in [0.15, 0.2) is 42.4 Å². The Balaban J connectivity index is 1.30. The number of benzene rings is 1. The summed E-state index contributed by atoms with van der Waals surface area (Å²) in [5.41, 5.74) is 3.69. The molecule has 6 rings (SSSR count). The van der Waals surface area contributed by atoms with Crippen LogP contribution in [0, 0.1) is 0 Å². The van der Waals surface area contributed by atoms with Crippen LogP contribution in [0.4, 0.5) is 13.6 Å². The van der Waals surface area contributed by atoms with Crippen LogP contribution in [0.25, 0.3) is 11.0 Å². The van der Waals surface area contributed by atoms with E-state index in [0.717, 1.165) is 27.6 Å². The number of fused-ring (bicyclic) bond motifs is 3. The van der Waals surface area contributed by atoms with Gasteiger partial charge in [0, 0.05) is 24.8 Å². The standard InChI is InChI=1S/C31H35ClF2N4O4/c1-30(2,3)42-29(39)37-10-8-18-13-20(27(33)34)12-17(22(18)15-37)6-7-19-14-23(25-24(19)40-31(4,5)41-25)38-11-9-21-26(32)35-16-36-28(21)38/h9,11-14,16,23-25,27H,6-8,10,15H2,1-5H3/t23-,24-,25+/m1/s1. The highest BCUT2D eigenvalue weighted by Crippen LogP contribution is 2.45. The van der Waals surface area contributed by atoms with Crippen molar-refractivity contribution in [3.05, 3.63) is 69.8 Å². The largest absolute Gasteiger partial charge is 0.444 e. The fourth-order valence-electron chi connectivity index (χ4n) is 6.27.